The normalized spacial score (nSPS) is 14.7. The van der Waals surface area contributed by atoms with Gasteiger partial charge < -0.3 is 18.9 Å². The molecule has 0 aromatic heterocycles. The van der Waals surface area contributed by atoms with Crippen molar-refractivity contribution in [2.45, 2.75) is 20.5 Å². The Morgan fingerprint density at radius 2 is 1.76 bits per heavy atom. The maximum atomic E-state index is 12.6. The van der Waals surface area contributed by atoms with Gasteiger partial charge in [0.15, 0.2) is 17.2 Å². The van der Waals surface area contributed by atoms with Gasteiger partial charge in [0.05, 0.1) is 13.2 Å². The van der Waals surface area contributed by atoms with Crippen LogP contribution >= 0.6 is 0 Å². The second-order valence-electron chi connectivity index (χ2n) is 5.78. The summed E-state index contributed by atoms with van der Waals surface area (Å²) in [5, 5.41) is 0. The second kappa shape index (κ2) is 9.18. The molecule has 152 valence electrons. The Balaban J connectivity index is 1.93. The number of para-hydroxylation sites is 1. The summed E-state index contributed by atoms with van der Waals surface area (Å²) in [4.78, 5) is 16.4. The highest BCUT2D eigenvalue weighted by Gasteiger charge is 2.25. The number of carbonyl (C=O) groups excluding carboxylic acids is 1. The largest absolute Gasteiger partial charge is 0.490 e. The Morgan fingerprint density at radius 3 is 2.48 bits per heavy atom. The Hall–Kier alpha value is -3.42. The van der Waals surface area contributed by atoms with Crippen LogP contribution in [-0.4, -0.2) is 31.7 Å². The fraction of sp³-hybridized carbons (Fsp3) is 0.238. The van der Waals surface area contributed by atoms with Crippen molar-refractivity contribution in [1.82, 2.24) is 0 Å². The molecule has 2 aromatic carbocycles. The number of nitrogens with zero attached hydrogens (tertiary/aromatic N) is 1. The summed E-state index contributed by atoms with van der Waals surface area (Å²) in [6.45, 7) is 1.63. The lowest BCUT2D eigenvalue weighted by Gasteiger charge is -2.11. The van der Waals surface area contributed by atoms with Crippen LogP contribution in [-0.2, 0) is 9.53 Å². The minimum absolute atomic E-state index is 0.0304. The Bertz CT molecular complexity index is 956. The lowest BCUT2D eigenvalue weighted by atomic mass is 10.1. The number of hydrogen-bond donors (Lipinski definition) is 0. The molecule has 0 amide bonds. The highest BCUT2D eigenvalue weighted by molar-refractivity contribution is 6.13. The van der Waals surface area contributed by atoms with Crippen LogP contribution in [0.15, 0.2) is 53.2 Å². The number of halogens is 2. The van der Waals surface area contributed by atoms with Crippen LogP contribution in [0.25, 0.3) is 6.08 Å². The quantitative estimate of drug-likeness (QED) is 0.482. The summed E-state index contributed by atoms with van der Waals surface area (Å²) in [7, 11) is 0. The van der Waals surface area contributed by atoms with Crippen molar-refractivity contribution in [3.05, 3.63) is 59.3 Å². The summed E-state index contributed by atoms with van der Waals surface area (Å²) < 4.78 is 46.0. The number of benzene rings is 2. The molecule has 0 fully saturated rings. The smallest absolute Gasteiger partial charge is 0.387 e. The molecule has 1 heterocycles. The lowest BCUT2D eigenvalue weighted by molar-refractivity contribution is -0.129. The zero-order valence-electron chi connectivity index (χ0n) is 15.9. The number of esters is 1. The molecule has 0 bridgehead atoms. The van der Waals surface area contributed by atoms with E-state index in [4.69, 9.17) is 14.2 Å². The van der Waals surface area contributed by atoms with Crippen molar-refractivity contribution >= 4 is 17.9 Å². The Labute approximate surface area is 166 Å². The predicted octanol–water partition coefficient (Wildman–Crippen LogP) is 4.43. The van der Waals surface area contributed by atoms with E-state index >= 15 is 0 Å². The molecule has 6 nitrogen and oxygen atoms in total. The van der Waals surface area contributed by atoms with Crippen molar-refractivity contribution in [3.63, 3.8) is 0 Å². The number of rotatable bonds is 8. The zero-order chi connectivity index (χ0) is 20.8. The minimum Gasteiger partial charge on any atom is -0.490 e. The van der Waals surface area contributed by atoms with Crippen molar-refractivity contribution in [2.24, 2.45) is 4.99 Å². The van der Waals surface area contributed by atoms with E-state index in [9.17, 15) is 13.6 Å². The average Bonchev–Trinajstić information content (AvgIpc) is 3.05. The fourth-order valence-electron chi connectivity index (χ4n) is 2.67. The van der Waals surface area contributed by atoms with Gasteiger partial charge in [0, 0.05) is 11.1 Å². The van der Waals surface area contributed by atoms with Crippen LogP contribution in [0.2, 0.25) is 0 Å². The number of carbonyl (C=O) groups is 1. The maximum Gasteiger partial charge on any atom is 0.387 e. The minimum atomic E-state index is -2.98. The van der Waals surface area contributed by atoms with Gasteiger partial charge in [0.25, 0.3) is 0 Å². The van der Waals surface area contributed by atoms with Crippen LogP contribution < -0.4 is 14.2 Å². The molecule has 0 atom stereocenters. The molecular formula is C21H19F2NO5. The first-order chi connectivity index (χ1) is 14.0. The van der Waals surface area contributed by atoms with E-state index in [1.165, 1.54) is 18.2 Å². The van der Waals surface area contributed by atoms with Crippen LogP contribution in [0.4, 0.5) is 8.78 Å². The fourth-order valence-corrected chi connectivity index (χ4v) is 2.67. The van der Waals surface area contributed by atoms with E-state index in [1.54, 1.807) is 30.3 Å². The van der Waals surface area contributed by atoms with Gasteiger partial charge in [-0.2, -0.15) is 8.78 Å². The molecule has 0 N–H and O–H groups in total. The van der Waals surface area contributed by atoms with Crippen LogP contribution in [0.5, 0.6) is 17.2 Å². The SMILES string of the molecule is CCOc1ccc(C2=N/C(=C\c3ccccc3OC(F)F)C(=O)O2)cc1OCC. The molecule has 1 aliphatic rings. The van der Waals surface area contributed by atoms with Gasteiger partial charge in [-0.25, -0.2) is 9.79 Å². The number of aliphatic imine (C=N–C) groups is 1. The van der Waals surface area contributed by atoms with Crippen molar-refractivity contribution in [2.75, 3.05) is 13.2 Å². The van der Waals surface area contributed by atoms with Crippen LogP contribution in [0.1, 0.15) is 25.0 Å². The molecular weight excluding hydrogens is 384 g/mol. The van der Waals surface area contributed by atoms with Gasteiger partial charge in [-0.1, -0.05) is 18.2 Å². The number of alkyl halides is 2. The standard InChI is InChI=1S/C21H19F2NO5/c1-3-26-17-10-9-14(12-18(17)27-4-2)19-24-15(20(25)29-19)11-13-7-5-6-8-16(13)28-21(22)23/h5-12,21H,3-4H2,1-2H3/b15-11-. The summed E-state index contributed by atoms with van der Waals surface area (Å²) in [5.74, 6) is 0.387. The molecule has 3 rings (SSSR count). The van der Waals surface area contributed by atoms with E-state index in [2.05, 4.69) is 9.73 Å². The third kappa shape index (κ3) is 4.90. The zero-order valence-corrected chi connectivity index (χ0v) is 15.9. The Morgan fingerprint density at radius 1 is 1.03 bits per heavy atom. The van der Waals surface area contributed by atoms with Gasteiger partial charge in [-0.05, 0) is 44.2 Å². The van der Waals surface area contributed by atoms with Crippen molar-refractivity contribution in [1.29, 1.82) is 0 Å². The molecule has 0 unspecified atom stereocenters. The molecule has 0 saturated heterocycles. The van der Waals surface area contributed by atoms with Gasteiger partial charge in [0.2, 0.25) is 5.90 Å². The summed E-state index contributed by atoms with van der Waals surface area (Å²) in [6.07, 6.45) is 1.34. The summed E-state index contributed by atoms with van der Waals surface area (Å²) in [5.41, 5.74) is 0.773. The Kier molecular flexibility index (Phi) is 6.43. The molecule has 0 saturated carbocycles. The van der Waals surface area contributed by atoms with Crippen LogP contribution in [0.3, 0.4) is 0 Å². The van der Waals surface area contributed by atoms with E-state index in [-0.39, 0.29) is 22.9 Å². The summed E-state index contributed by atoms with van der Waals surface area (Å²) in [6, 6.07) is 11.2. The number of cyclic esters (lactones) is 1. The summed E-state index contributed by atoms with van der Waals surface area (Å²) >= 11 is 0. The molecule has 29 heavy (non-hydrogen) atoms. The number of hydrogen-bond acceptors (Lipinski definition) is 6. The topological polar surface area (TPSA) is 66.4 Å². The van der Waals surface area contributed by atoms with E-state index in [0.29, 0.717) is 30.3 Å². The van der Waals surface area contributed by atoms with E-state index in [0.717, 1.165) is 0 Å². The van der Waals surface area contributed by atoms with Crippen molar-refractivity contribution < 1.29 is 32.5 Å². The molecule has 8 heteroatoms. The van der Waals surface area contributed by atoms with Crippen molar-refractivity contribution in [3.8, 4) is 17.2 Å². The highest BCUT2D eigenvalue weighted by atomic mass is 19.3. The molecule has 0 aliphatic carbocycles. The molecule has 0 spiro atoms. The first-order valence-electron chi connectivity index (χ1n) is 8.98. The lowest BCUT2D eigenvalue weighted by Crippen LogP contribution is -2.07. The van der Waals surface area contributed by atoms with E-state index in [1.807, 2.05) is 13.8 Å². The van der Waals surface area contributed by atoms with Gasteiger partial charge >= 0.3 is 12.6 Å². The van der Waals surface area contributed by atoms with Gasteiger partial charge in [-0.3, -0.25) is 0 Å². The van der Waals surface area contributed by atoms with Gasteiger partial charge in [0.1, 0.15) is 5.75 Å². The molecule has 0 radical (unpaired) electrons. The average molecular weight is 403 g/mol. The second-order valence-corrected chi connectivity index (χ2v) is 5.78. The number of ether oxygens (including phenoxy) is 4. The monoisotopic (exact) mass is 403 g/mol. The van der Waals surface area contributed by atoms with Crippen LogP contribution in [0, 0.1) is 0 Å². The highest BCUT2D eigenvalue weighted by Crippen LogP contribution is 2.31. The van der Waals surface area contributed by atoms with Gasteiger partial charge in [-0.15, -0.1) is 0 Å². The maximum absolute atomic E-state index is 12.6. The van der Waals surface area contributed by atoms with E-state index < -0.39 is 12.6 Å². The molecule has 2 aromatic rings. The first-order valence-corrected chi connectivity index (χ1v) is 8.98. The third-order valence-corrected chi connectivity index (χ3v) is 3.84. The third-order valence-electron chi connectivity index (χ3n) is 3.84. The molecule has 1 aliphatic heterocycles. The first kappa shape index (κ1) is 20.3. The predicted molar refractivity (Wildman–Crippen MR) is 102 cm³/mol.